The molecule has 16 heavy (non-hydrogen) atoms. The molecule has 4 radical (unpaired) electrons. The molecule has 0 fully saturated rings. The van der Waals surface area contributed by atoms with E-state index < -0.39 is 0 Å². The summed E-state index contributed by atoms with van der Waals surface area (Å²) >= 11 is 2.38. The third kappa shape index (κ3) is 54.7. The van der Waals surface area contributed by atoms with Gasteiger partial charge in [-0.1, -0.05) is 57.2 Å². The average molecular weight is 584 g/mol. The van der Waals surface area contributed by atoms with Gasteiger partial charge in [0.1, 0.15) is 0 Å². The molecule has 0 aromatic carbocycles. The zero-order valence-electron chi connectivity index (χ0n) is 10.9. The van der Waals surface area contributed by atoms with Crippen molar-refractivity contribution in [3.05, 3.63) is 28.2 Å². The van der Waals surface area contributed by atoms with Crippen LogP contribution in [0.15, 0.2) is 0 Å². The SMILES string of the molecule is C.CC.[B].[CH2-]C([CH-]CC)CCI.[CH3-].[CH3-].[W+2].[Y]. The van der Waals surface area contributed by atoms with Crippen molar-refractivity contribution in [2.45, 2.75) is 41.0 Å². The third-order valence-corrected chi connectivity index (χ3v) is 1.67. The molecular weight excluding hydrogens is 555 g/mol. The van der Waals surface area contributed by atoms with Gasteiger partial charge in [0.15, 0.2) is 0 Å². The predicted octanol–water partition coefficient (Wildman–Crippen LogP) is 5.05. The first kappa shape index (κ1) is 51.3. The fourth-order valence-corrected chi connectivity index (χ4v) is 1.39. The molecule has 0 aromatic heterocycles. The van der Waals surface area contributed by atoms with Gasteiger partial charge in [-0.05, 0) is 4.43 Å². The smallest absolute Gasteiger partial charge is 0.369 e. The van der Waals surface area contributed by atoms with Crippen molar-refractivity contribution >= 4 is 31.0 Å². The molecular formula is C12H29BIWY-2. The molecule has 0 N–H and O–H groups in total. The fraction of sp³-hybridized carbons (Fsp3) is 0.667. The van der Waals surface area contributed by atoms with Gasteiger partial charge in [0.2, 0.25) is 0 Å². The molecule has 0 heterocycles. The summed E-state index contributed by atoms with van der Waals surface area (Å²) in [5.41, 5.74) is 0. The van der Waals surface area contributed by atoms with Crippen LogP contribution >= 0.6 is 22.6 Å². The van der Waals surface area contributed by atoms with Crippen LogP contribution in [-0.4, -0.2) is 12.8 Å². The van der Waals surface area contributed by atoms with E-state index in [4.69, 9.17) is 0 Å². The molecule has 4 heteroatoms. The Morgan fingerprint density at radius 3 is 1.75 bits per heavy atom. The molecule has 1 unspecified atom stereocenters. The first-order chi connectivity index (χ1) is 4.81. The minimum Gasteiger partial charge on any atom is -0.369 e. The van der Waals surface area contributed by atoms with Gasteiger partial charge >= 0.3 is 21.1 Å². The van der Waals surface area contributed by atoms with Crippen molar-refractivity contribution in [1.29, 1.82) is 0 Å². The van der Waals surface area contributed by atoms with E-state index >= 15 is 0 Å². The van der Waals surface area contributed by atoms with Crippen LogP contribution in [0.2, 0.25) is 0 Å². The topological polar surface area (TPSA) is 0 Å². The molecule has 0 saturated carbocycles. The van der Waals surface area contributed by atoms with Gasteiger partial charge in [-0.2, -0.15) is 6.42 Å². The summed E-state index contributed by atoms with van der Waals surface area (Å²) in [6.45, 7) is 10.1. The Kier molecular flexibility index (Phi) is 169. The zero-order valence-corrected chi connectivity index (χ0v) is 18.9. The van der Waals surface area contributed by atoms with Gasteiger partial charge in [-0.15, -0.1) is 0 Å². The van der Waals surface area contributed by atoms with Crippen molar-refractivity contribution in [1.82, 2.24) is 0 Å². The van der Waals surface area contributed by atoms with E-state index in [1.165, 1.54) is 10.8 Å². The summed E-state index contributed by atoms with van der Waals surface area (Å²) < 4.78 is 1.22. The maximum atomic E-state index is 3.96. The Morgan fingerprint density at radius 2 is 1.56 bits per heavy atom. The summed E-state index contributed by atoms with van der Waals surface area (Å²) in [5.74, 6) is 0.580. The molecule has 0 aromatic rings. The second-order valence-electron chi connectivity index (χ2n) is 1.88. The second kappa shape index (κ2) is 52.6. The van der Waals surface area contributed by atoms with E-state index in [1.54, 1.807) is 0 Å². The van der Waals surface area contributed by atoms with Gasteiger partial charge in [-0.25, -0.2) is 0 Å². The van der Waals surface area contributed by atoms with E-state index in [1.807, 2.05) is 13.8 Å². The van der Waals surface area contributed by atoms with Crippen molar-refractivity contribution in [2.75, 3.05) is 4.43 Å². The predicted molar refractivity (Wildman–Crippen MR) is 83.6 cm³/mol. The number of hydrogen-bond acceptors (Lipinski definition) is 0. The Hall–Kier alpha value is 2.59. The quantitative estimate of drug-likeness (QED) is 0.188. The molecule has 0 bridgehead atoms. The maximum absolute atomic E-state index is 3.96. The number of alkyl halides is 1. The first-order valence-corrected chi connectivity index (χ1v) is 5.56. The van der Waals surface area contributed by atoms with Crippen molar-refractivity contribution in [2.24, 2.45) is 5.92 Å². The van der Waals surface area contributed by atoms with Crippen LogP contribution in [0.4, 0.5) is 0 Å². The molecule has 0 spiro atoms. The summed E-state index contributed by atoms with van der Waals surface area (Å²) in [6.07, 6.45) is 4.65. The number of hydrogen-bond donors (Lipinski definition) is 0. The van der Waals surface area contributed by atoms with Crippen molar-refractivity contribution in [3.8, 4) is 0 Å². The Morgan fingerprint density at radius 1 is 1.25 bits per heavy atom. The van der Waals surface area contributed by atoms with Crippen LogP contribution in [0, 0.1) is 34.1 Å². The largest absolute Gasteiger partial charge is 2.00 e. The summed E-state index contributed by atoms with van der Waals surface area (Å²) in [6, 6.07) is 0. The molecule has 0 aliphatic heterocycles. The summed E-state index contributed by atoms with van der Waals surface area (Å²) in [4.78, 5) is 0. The molecule has 0 amide bonds. The molecule has 0 nitrogen and oxygen atoms in total. The number of halogens is 1. The second-order valence-corrected chi connectivity index (χ2v) is 2.96. The van der Waals surface area contributed by atoms with Gasteiger partial charge in [0, 0.05) is 41.1 Å². The average Bonchev–Trinajstić information content (AvgIpc) is 1.93. The van der Waals surface area contributed by atoms with Crippen LogP contribution in [0.3, 0.4) is 0 Å². The zero-order chi connectivity index (χ0) is 8.41. The molecule has 0 aliphatic carbocycles. The summed E-state index contributed by atoms with van der Waals surface area (Å²) in [5, 5.41) is 0. The van der Waals surface area contributed by atoms with Gasteiger partial charge in [0.05, 0.1) is 0 Å². The van der Waals surface area contributed by atoms with Gasteiger partial charge in [-0.3, -0.25) is 0 Å². The van der Waals surface area contributed by atoms with Gasteiger partial charge in [0.25, 0.3) is 0 Å². The molecule has 0 aliphatic rings. The normalized spacial score (nSPS) is 7.31. The standard InChI is InChI=1S/C7H13I.C2H6.CH4.2CH3.B.W.Y/c1-3-4-7(2)5-6-8;1-2;;;;;;/h4,7H,2-3,5-6H2,1H3;1-2H3;1H4;2*1H3;;;/q-2;;;2*-1;;+2;. The van der Waals surface area contributed by atoms with E-state index in [0.717, 1.165) is 6.42 Å². The Bertz CT molecular complexity index is 54.3. The Balaban J connectivity index is -0.0000000126. The number of rotatable bonds is 4. The molecule has 1 atom stereocenters. The minimum atomic E-state index is 0. The van der Waals surface area contributed by atoms with Gasteiger partial charge < -0.3 is 34.1 Å². The van der Waals surface area contributed by atoms with E-state index in [2.05, 4.69) is 42.9 Å². The molecule has 0 saturated heterocycles. The summed E-state index contributed by atoms with van der Waals surface area (Å²) in [7, 11) is 0. The maximum Gasteiger partial charge on any atom is 2.00 e. The van der Waals surface area contributed by atoms with E-state index in [9.17, 15) is 0 Å². The van der Waals surface area contributed by atoms with E-state index in [-0.39, 0.29) is 84.5 Å². The van der Waals surface area contributed by atoms with Crippen LogP contribution in [0.25, 0.3) is 0 Å². The minimum absolute atomic E-state index is 0. The van der Waals surface area contributed by atoms with Crippen LogP contribution in [-0.2, 0) is 53.8 Å². The Labute approximate surface area is 162 Å². The van der Waals surface area contributed by atoms with Crippen molar-refractivity contribution in [3.63, 3.8) is 0 Å². The van der Waals surface area contributed by atoms with Crippen LogP contribution in [0.5, 0.6) is 0 Å². The van der Waals surface area contributed by atoms with E-state index in [0.29, 0.717) is 5.92 Å². The molecule has 98 valence electrons. The fourth-order valence-electron chi connectivity index (χ4n) is 0.591. The van der Waals surface area contributed by atoms with Crippen LogP contribution in [0.1, 0.15) is 41.0 Å². The van der Waals surface area contributed by atoms with Crippen LogP contribution < -0.4 is 0 Å². The third-order valence-electron chi connectivity index (χ3n) is 1.05. The monoisotopic (exact) mass is 584 g/mol. The first-order valence-electron chi connectivity index (χ1n) is 4.03. The molecule has 0 rings (SSSR count). The van der Waals surface area contributed by atoms with Crippen molar-refractivity contribution < 1.29 is 53.8 Å².